The molecule has 0 atom stereocenters. The highest BCUT2D eigenvalue weighted by Gasteiger charge is 2.24. The number of carbonyl (C=O) groups is 2. The Labute approximate surface area is 202 Å². The molecule has 1 saturated heterocycles. The van der Waals surface area contributed by atoms with Gasteiger partial charge in [-0.1, -0.05) is 25.6 Å². The first kappa shape index (κ1) is 24.0. The van der Waals surface area contributed by atoms with Gasteiger partial charge in [-0.15, -0.1) is 10.2 Å². The molecule has 4 rings (SSSR count). The van der Waals surface area contributed by atoms with Gasteiger partial charge in [0.25, 0.3) is 0 Å². The van der Waals surface area contributed by atoms with Crippen molar-refractivity contribution in [1.29, 1.82) is 0 Å². The van der Waals surface area contributed by atoms with Crippen molar-refractivity contribution in [2.45, 2.75) is 32.5 Å². The standard InChI is InChI=1S/C24H28FN5O3S/c1-16(2)14-30-23(21-5-4-12-33-21)26-27-24(30)34-15-22(32)29-10-8-28(9-11-29)20-7-6-18(17(3)31)13-19(20)25/h4-7,12-13,16H,8-11,14-15H2,1-3H3. The molecule has 0 N–H and O–H groups in total. The maximum Gasteiger partial charge on any atom is 0.233 e. The lowest BCUT2D eigenvalue weighted by atomic mass is 10.1. The number of rotatable bonds is 8. The van der Waals surface area contributed by atoms with Crippen LogP contribution in [0.1, 0.15) is 31.1 Å². The van der Waals surface area contributed by atoms with Crippen molar-refractivity contribution < 1.29 is 18.4 Å². The molecule has 0 unspecified atom stereocenters. The van der Waals surface area contributed by atoms with Crippen LogP contribution in [0.15, 0.2) is 46.2 Å². The van der Waals surface area contributed by atoms with Crippen LogP contribution in [0.2, 0.25) is 0 Å². The second-order valence-corrected chi connectivity index (χ2v) is 9.61. The minimum atomic E-state index is -0.417. The predicted molar refractivity (Wildman–Crippen MR) is 128 cm³/mol. The van der Waals surface area contributed by atoms with Crippen LogP contribution in [0.3, 0.4) is 0 Å². The Hall–Kier alpha value is -3.14. The number of thioether (sulfide) groups is 1. The van der Waals surface area contributed by atoms with Gasteiger partial charge < -0.3 is 14.2 Å². The zero-order valence-corrected chi connectivity index (χ0v) is 20.3. The normalized spacial score (nSPS) is 14.1. The Morgan fingerprint density at radius 3 is 2.53 bits per heavy atom. The van der Waals surface area contributed by atoms with E-state index in [0.717, 1.165) is 0 Å². The minimum Gasteiger partial charge on any atom is -0.461 e. The zero-order chi connectivity index (χ0) is 24.2. The van der Waals surface area contributed by atoms with E-state index in [1.807, 2.05) is 21.6 Å². The molecule has 180 valence electrons. The molecule has 0 radical (unpaired) electrons. The lowest BCUT2D eigenvalue weighted by Crippen LogP contribution is -2.49. The molecular weight excluding hydrogens is 457 g/mol. The van der Waals surface area contributed by atoms with Gasteiger partial charge in [0.05, 0.1) is 17.7 Å². The molecule has 1 fully saturated rings. The molecule has 0 aliphatic carbocycles. The van der Waals surface area contributed by atoms with Crippen molar-refractivity contribution in [1.82, 2.24) is 19.7 Å². The summed E-state index contributed by atoms with van der Waals surface area (Å²) in [5.41, 5.74) is 0.811. The highest BCUT2D eigenvalue weighted by atomic mass is 32.2. The number of aromatic nitrogens is 3. The maximum atomic E-state index is 14.5. The largest absolute Gasteiger partial charge is 0.461 e. The van der Waals surface area contributed by atoms with Crippen LogP contribution in [0.5, 0.6) is 0 Å². The average molecular weight is 486 g/mol. The first-order chi connectivity index (χ1) is 16.3. The third-order valence-electron chi connectivity index (χ3n) is 5.66. The number of ketones is 1. The maximum absolute atomic E-state index is 14.5. The monoisotopic (exact) mass is 485 g/mol. The molecule has 8 nitrogen and oxygen atoms in total. The van der Waals surface area contributed by atoms with E-state index in [-0.39, 0.29) is 17.4 Å². The second-order valence-electron chi connectivity index (χ2n) is 8.67. The van der Waals surface area contributed by atoms with Crippen molar-refractivity contribution >= 4 is 29.1 Å². The Morgan fingerprint density at radius 2 is 1.91 bits per heavy atom. The molecule has 2 aromatic heterocycles. The van der Waals surface area contributed by atoms with Crippen molar-refractivity contribution in [3.05, 3.63) is 48.0 Å². The molecule has 0 spiro atoms. The minimum absolute atomic E-state index is 0.00990. The summed E-state index contributed by atoms with van der Waals surface area (Å²) < 4.78 is 22.0. The van der Waals surface area contributed by atoms with E-state index in [1.165, 1.54) is 24.8 Å². The second kappa shape index (κ2) is 10.4. The Bertz CT molecular complexity index is 1150. The van der Waals surface area contributed by atoms with Gasteiger partial charge in [0, 0.05) is 38.3 Å². The summed E-state index contributed by atoms with van der Waals surface area (Å²) in [6.45, 7) is 8.42. The fraction of sp³-hybridized carbons (Fsp3) is 0.417. The summed E-state index contributed by atoms with van der Waals surface area (Å²) >= 11 is 1.36. The summed E-state index contributed by atoms with van der Waals surface area (Å²) in [6, 6.07) is 8.20. The summed E-state index contributed by atoms with van der Waals surface area (Å²) in [7, 11) is 0. The van der Waals surface area contributed by atoms with E-state index in [0.29, 0.717) is 66.6 Å². The number of halogens is 1. The van der Waals surface area contributed by atoms with Gasteiger partial charge in [0.1, 0.15) is 5.82 Å². The highest BCUT2D eigenvalue weighted by Crippen LogP contribution is 2.26. The number of hydrogen-bond acceptors (Lipinski definition) is 7. The molecule has 34 heavy (non-hydrogen) atoms. The molecule has 3 heterocycles. The van der Waals surface area contributed by atoms with Gasteiger partial charge in [-0.3, -0.25) is 14.2 Å². The first-order valence-electron chi connectivity index (χ1n) is 11.3. The summed E-state index contributed by atoms with van der Waals surface area (Å²) in [6.07, 6.45) is 1.60. The van der Waals surface area contributed by atoms with E-state index in [9.17, 15) is 14.0 Å². The summed E-state index contributed by atoms with van der Waals surface area (Å²) in [5.74, 6) is 1.34. The molecule has 0 saturated carbocycles. The third kappa shape index (κ3) is 5.32. The Morgan fingerprint density at radius 1 is 1.15 bits per heavy atom. The van der Waals surface area contributed by atoms with Crippen LogP contribution in [0.4, 0.5) is 10.1 Å². The van der Waals surface area contributed by atoms with Crippen LogP contribution in [-0.2, 0) is 11.3 Å². The number of carbonyl (C=O) groups excluding carboxylic acids is 2. The van der Waals surface area contributed by atoms with Crippen LogP contribution in [-0.4, -0.2) is 63.3 Å². The topological polar surface area (TPSA) is 84.5 Å². The molecular formula is C24H28FN5O3S. The van der Waals surface area contributed by atoms with E-state index < -0.39 is 5.82 Å². The number of Topliss-reactive ketones (excluding diaryl/α,β-unsaturated/α-hetero) is 1. The molecule has 1 aliphatic heterocycles. The summed E-state index contributed by atoms with van der Waals surface area (Å²) in [5, 5.41) is 9.26. The van der Waals surface area contributed by atoms with Crippen molar-refractivity contribution in [2.24, 2.45) is 5.92 Å². The van der Waals surface area contributed by atoms with Crippen LogP contribution in [0, 0.1) is 11.7 Å². The number of furan rings is 1. The quantitative estimate of drug-likeness (QED) is 0.352. The number of amides is 1. The van der Waals surface area contributed by atoms with Gasteiger partial charge in [0.15, 0.2) is 22.5 Å². The number of piperazine rings is 1. The Kier molecular flexibility index (Phi) is 7.35. The molecule has 10 heteroatoms. The molecule has 0 bridgehead atoms. The van der Waals surface area contributed by atoms with E-state index in [1.54, 1.807) is 23.3 Å². The SMILES string of the molecule is CC(=O)c1ccc(N2CCN(C(=O)CSc3nnc(-c4ccco4)n3CC(C)C)CC2)c(F)c1. The Balaban J connectivity index is 1.36. The highest BCUT2D eigenvalue weighted by molar-refractivity contribution is 7.99. The predicted octanol–water partition coefficient (Wildman–Crippen LogP) is 3.98. The van der Waals surface area contributed by atoms with E-state index in [2.05, 4.69) is 24.0 Å². The van der Waals surface area contributed by atoms with Crippen molar-refractivity contribution in [3.63, 3.8) is 0 Å². The number of anilines is 1. The summed E-state index contributed by atoms with van der Waals surface area (Å²) in [4.78, 5) is 28.0. The van der Waals surface area contributed by atoms with Gasteiger partial charge in [0.2, 0.25) is 5.91 Å². The van der Waals surface area contributed by atoms with Gasteiger partial charge in [-0.05, 0) is 43.2 Å². The van der Waals surface area contributed by atoms with Crippen LogP contribution >= 0.6 is 11.8 Å². The zero-order valence-electron chi connectivity index (χ0n) is 19.5. The average Bonchev–Trinajstić information content (AvgIpc) is 3.47. The molecule has 1 aromatic carbocycles. The number of nitrogens with zero attached hydrogens (tertiary/aromatic N) is 5. The van der Waals surface area contributed by atoms with E-state index >= 15 is 0 Å². The van der Waals surface area contributed by atoms with Crippen LogP contribution < -0.4 is 4.90 Å². The van der Waals surface area contributed by atoms with Crippen LogP contribution in [0.25, 0.3) is 11.6 Å². The molecule has 1 amide bonds. The lowest BCUT2D eigenvalue weighted by molar-refractivity contribution is -0.128. The van der Waals surface area contributed by atoms with Crippen molar-refractivity contribution in [2.75, 3.05) is 36.8 Å². The van der Waals surface area contributed by atoms with Gasteiger partial charge in [-0.2, -0.15) is 0 Å². The fourth-order valence-corrected chi connectivity index (χ4v) is 4.76. The third-order valence-corrected chi connectivity index (χ3v) is 6.61. The van der Waals surface area contributed by atoms with Gasteiger partial charge >= 0.3 is 0 Å². The fourth-order valence-electron chi connectivity index (χ4n) is 3.91. The number of hydrogen-bond donors (Lipinski definition) is 0. The molecule has 1 aliphatic rings. The van der Waals surface area contributed by atoms with Gasteiger partial charge in [-0.25, -0.2) is 4.39 Å². The smallest absolute Gasteiger partial charge is 0.233 e. The molecule has 3 aromatic rings. The van der Waals surface area contributed by atoms with Crippen molar-refractivity contribution in [3.8, 4) is 11.6 Å². The first-order valence-corrected chi connectivity index (χ1v) is 12.2. The van der Waals surface area contributed by atoms with E-state index in [4.69, 9.17) is 4.42 Å². The lowest BCUT2D eigenvalue weighted by Gasteiger charge is -2.36. The number of benzene rings is 1.